The number of alkyl halides is 3. The van der Waals surface area contributed by atoms with Crippen LogP contribution in [0.3, 0.4) is 0 Å². The van der Waals surface area contributed by atoms with Crippen LogP contribution in [0.2, 0.25) is 0 Å². The van der Waals surface area contributed by atoms with E-state index in [2.05, 4.69) is 10.1 Å². The molecule has 0 aromatic heterocycles. The minimum Gasteiger partial charge on any atom is -0.367 e. The predicted molar refractivity (Wildman–Crippen MR) is 123 cm³/mol. The molecule has 0 unspecified atom stereocenters. The summed E-state index contributed by atoms with van der Waals surface area (Å²) in [6.07, 6.45) is -3.92. The van der Waals surface area contributed by atoms with Gasteiger partial charge in [0.05, 0.1) is 6.61 Å². The maximum atomic E-state index is 12.9. The molecule has 0 radical (unpaired) electrons. The number of hydrogen-bond acceptors (Lipinski definition) is 4. The Kier molecular flexibility index (Phi) is 7.16. The van der Waals surface area contributed by atoms with Crippen molar-refractivity contribution in [3.8, 4) is 0 Å². The van der Waals surface area contributed by atoms with Crippen LogP contribution in [0.1, 0.15) is 44.7 Å². The summed E-state index contributed by atoms with van der Waals surface area (Å²) in [5.74, 6) is -0.958. The summed E-state index contributed by atoms with van der Waals surface area (Å²) in [6, 6.07) is 17.4. The van der Waals surface area contributed by atoms with Gasteiger partial charge in [0, 0.05) is 36.0 Å². The van der Waals surface area contributed by atoms with Gasteiger partial charge in [-0.3, -0.25) is 19.3 Å². The van der Waals surface area contributed by atoms with E-state index in [-0.39, 0.29) is 43.8 Å². The van der Waals surface area contributed by atoms with E-state index in [1.54, 1.807) is 48.5 Å². The third-order valence-electron chi connectivity index (χ3n) is 5.69. The van der Waals surface area contributed by atoms with Crippen LogP contribution in [0.15, 0.2) is 60.7 Å². The Morgan fingerprint density at radius 3 is 2.09 bits per heavy atom. The van der Waals surface area contributed by atoms with Gasteiger partial charge in [0.2, 0.25) is 5.91 Å². The molecule has 0 saturated carbocycles. The van der Waals surface area contributed by atoms with Crippen molar-refractivity contribution >= 4 is 28.5 Å². The topological polar surface area (TPSA) is 75.7 Å². The number of carbonyl (C=O) groups is 3. The van der Waals surface area contributed by atoms with Gasteiger partial charge in [0.1, 0.15) is 6.61 Å². The van der Waals surface area contributed by atoms with Gasteiger partial charge in [-0.15, -0.1) is 0 Å². The monoisotopic (exact) mass is 484 g/mol. The molecule has 0 fully saturated rings. The van der Waals surface area contributed by atoms with Crippen LogP contribution in [0.4, 0.5) is 13.2 Å². The number of benzene rings is 3. The molecule has 1 N–H and O–H groups in total. The standard InChI is InChI=1S/C26H23F3N2O4/c27-26(28,29)16-35-15-18-11-9-17(10-12-18)14-30-22(32)8-3-13-31-24(33)20-6-1-4-19-5-2-7-21(23(19)20)25(31)34/h1-2,4-7,9-12H,3,8,13-16H2,(H,30,32). The lowest BCUT2D eigenvalue weighted by molar-refractivity contribution is -0.176. The first-order chi connectivity index (χ1) is 16.7. The fourth-order valence-electron chi connectivity index (χ4n) is 4.01. The normalized spacial score (nSPS) is 13.4. The molecule has 1 aliphatic rings. The molecule has 35 heavy (non-hydrogen) atoms. The van der Waals surface area contributed by atoms with Gasteiger partial charge in [-0.1, -0.05) is 48.5 Å². The van der Waals surface area contributed by atoms with Crippen molar-refractivity contribution in [3.05, 3.63) is 82.9 Å². The Morgan fingerprint density at radius 2 is 1.49 bits per heavy atom. The molecule has 4 rings (SSSR count). The number of nitrogens with one attached hydrogen (secondary N) is 1. The molecule has 0 atom stereocenters. The highest BCUT2D eigenvalue weighted by molar-refractivity contribution is 6.25. The Morgan fingerprint density at radius 1 is 0.886 bits per heavy atom. The van der Waals surface area contributed by atoms with Crippen molar-refractivity contribution in [1.29, 1.82) is 0 Å². The van der Waals surface area contributed by atoms with Crippen LogP contribution in [-0.4, -0.2) is 41.9 Å². The number of carbonyl (C=O) groups excluding carboxylic acids is 3. The SMILES string of the molecule is O=C(CCCN1C(=O)c2cccc3cccc(c23)C1=O)NCc1ccc(COCC(F)(F)F)cc1. The van der Waals surface area contributed by atoms with Gasteiger partial charge in [0.25, 0.3) is 11.8 Å². The van der Waals surface area contributed by atoms with Gasteiger partial charge < -0.3 is 10.1 Å². The van der Waals surface area contributed by atoms with Gasteiger partial charge in [0.15, 0.2) is 0 Å². The lowest BCUT2D eigenvalue weighted by atomic mass is 9.94. The Hall–Kier alpha value is -3.72. The second-order valence-electron chi connectivity index (χ2n) is 8.28. The zero-order valence-electron chi connectivity index (χ0n) is 18.7. The highest BCUT2D eigenvalue weighted by Gasteiger charge is 2.32. The molecule has 0 aliphatic carbocycles. The summed E-state index contributed by atoms with van der Waals surface area (Å²) in [5.41, 5.74) is 2.34. The highest BCUT2D eigenvalue weighted by atomic mass is 19.4. The summed E-state index contributed by atoms with van der Waals surface area (Å²) in [6.45, 7) is -1.08. The number of imide groups is 1. The van der Waals surface area contributed by atoms with Crippen LogP contribution in [0, 0.1) is 0 Å². The van der Waals surface area contributed by atoms with Crippen molar-refractivity contribution in [2.75, 3.05) is 13.2 Å². The van der Waals surface area contributed by atoms with E-state index in [0.717, 1.165) is 10.9 Å². The number of rotatable bonds is 9. The molecule has 0 spiro atoms. The number of hydrogen-bond donors (Lipinski definition) is 1. The van der Waals surface area contributed by atoms with Crippen LogP contribution in [-0.2, 0) is 22.7 Å². The number of halogens is 3. The minimum atomic E-state index is -4.36. The Balaban J connectivity index is 1.24. The molecule has 0 saturated heterocycles. The summed E-state index contributed by atoms with van der Waals surface area (Å²) in [4.78, 5) is 39.2. The molecule has 1 heterocycles. The Bertz CT molecular complexity index is 1200. The third-order valence-corrected chi connectivity index (χ3v) is 5.69. The quantitative estimate of drug-likeness (QED) is 0.450. The van der Waals surface area contributed by atoms with Crippen molar-refractivity contribution in [1.82, 2.24) is 10.2 Å². The van der Waals surface area contributed by atoms with Gasteiger partial charge in [-0.25, -0.2) is 0 Å². The zero-order valence-corrected chi connectivity index (χ0v) is 18.7. The van der Waals surface area contributed by atoms with E-state index in [1.165, 1.54) is 4.90 Å². The number of ether oxygens (including phenoxy) is 1. The molecule has 1 aliphatic heterocycles. The minimum absolute atomic E-state index is 0.127. The van der Waals surface area contributed by atoms with Crippen LogP contribution < -0.4 is 5.32 Å². The molecule has 6 nitrogen and oxygen atoms in total. The zero-order chi connectivity index (χ0) is 25.0. The summed E-state index contributed by atoms with van der Waals surface area (Å²) in [7, 11) is 0. The highest BCUT2D eigenvalue weighted by Crippen LogP contribution is 2.30. The third kappa shape index (κ3) is 5.86. The summed E-state index contributed by atoms with van der Waals surface area (Å²) >= 11 is 0. The second-order valence-corrected chi connectivity index (χ2v) is 8.28. The van der Waals surface area contributed by atoms with Gasteiger partial charge >= 0.3 is 6.18 Å². The fraction of sp³-hybridized carbons (Fsp3) is 0.269. The number of nitrogens with zero attached hydrogens (tertiary/aromatic N) is 1. The predicted octanol–water partition coefficient (Wildman–Crippen LogP) is 4.61. The molecule has 0 bridgehead atoms. The average molecular weight is 484 g/mol. The molecular formula is C26H23F3N2O4. The van der Waals surface area contributed by atoms with Crippen molar-refractivity contribution in [3.63, 3.8) is 0 Å². The van der Waals surface area contributed by atoms with Crippen molar-refractivity contribution in [2.45, 2.75) is 32.2 Å². The van der Waals surface area contributed by atoms with E-state index in [0.29, 0.717) is 28.5 Å². The molecule has 182 valence electrons. The molecular weight excluding hydrogens is 461 g/mol. The first-order valence-corrected chi connectivity index (χ1v) is 11.1. The van der Waals surface area contributed by atoms with E-state index in [4.69, 9.17) is 0 Å². The van der Waals surface area contributed by atoms with E-state index in [1.807, 2.05) is 12.1 Å². The van der Waals surface area contributed by atoms with Gasteiger partial charge in [-0.05, 0) is 35.1 Å². The average Bonchev–Trinajstić information content (AvgIpc) is 2.83. The smallest absolute Gasteiger partial charge is 0.367 e. The van der Waals surface area contributed by atoms with Crippen LogP contribution in [0.5, 0.6) is 0 Å². The van der Waals surface area contributed by atoms with Crippen LogP contribution >= 0.6 is 0 Å². The summed E-state index contributed by atoms with van der Waals surface area (Å²) < 4.78 is 41.0. The molecule has 9 heteroatoms. The van der Waals surface area contributed by atoms with Gasteiger partial charge in [-0.2, -0.15) is 13.2 Å². The first-order valence-electron chi connectivity index (χ1n) is 11.1. The lowest BCUT2D eigenvalue weighted by Gasteiger charge is -2.27. The van der Waals surface area contributed by atoms with E-state index >= 15 is 0 Å². The van der Waals surface area contributed by atoms with Crippen molar-refractivity contribution in [2.24, 2.45) is 0 Å². The molecule has 3 aromatic carbocycles. The largest absolute Gasteiger partial charge is 0.411 e. The summed E-state index contributed by atoms with van der Waals surface area (Å²) in [5, 5.41) is 4.27. The Labute approximate surface area is 199 Å². The van der Waals surface area contributed by atoms with Crippen LogP contribution in [0.25, 0.3) is 10.8 Å². The second kappa shape index (κ2) is 10.3. The number of amides is 3. The van der Waals surface area contributed by atoms with E-state index < -0.39 is 12.8 Å². The molecule has 3 aromatic rings. The van der Waals surface area contributed by atoms with Crippen molar-refractivity contribution < 1.29 is 32.3 Å². The van der Waals surface area contributed by atoms with E-state index in [9.17, 15) is 27.6 Å². The first kappa shape index (κ1) is 24.4. The maximum Gasteiger partial charge on any atom is 0.411 e. The lowest BCUT2D eigenvalue weighted by Crippen LogP contribution is -2.41. The maximum absolute atomic E-state index is 12.9. The molecule has 3 amide bonds. The fourth-order valence-corrected chi connectivity index (χ4v) is 4.01.